The minimum absolute atomic E-state index is 0.259. The van der Waals surface area contributed by atoms with Gasteiger partial charge in [-0.25, -0.2) is 0 Å². The molecule has 1 unspecified atom stereocenters. The van der Waals surface area contributed by atoms with Gasteiger partial charge in [0.1, 0.15) is 35.9 Å². The zero-order valence-corrected chi connectivity index (χ0v) is 18.9. The minimum atomic E-state index is -0.985. The van der Waals surface area contributed by atoms with Crippen LogP contribution in [0.15, 0.2) is 84.9 Å². The largest absolute Gasteiger partial charge is 0.497 e. The van der Waals surface area contributed by atoms with Gasteiger partial charge in [-0.3, -0.25) is 0 Å². The number of benzene rings is 3. The molecule has 6 atom stereocenters. The van der Waals surface area contributed by atoms with E-state index in [2.05, 4.69) is 0 Å². The second-order valence-corrected chi connectivity index (χ2v) is 8.26. The highest BCUT2D eigenvalue weighted by Crippen LogP contribution is 2.36. The first kappa shape index (κ1) is 22.8. The molecule has 2 fully saturated rings. The second-order valence-electron chi connectivity index (χ2n) is 8.26. The van der Waals surface area contributed by atoms with Crippen LogP contribution in [0.4, 0.5) is 0 Å². The van der Waals surface area contributed by atoms with Crippen molar-refractivity contribution in [3.8, 4) is 11.5 Å². The van der Waals surface area contributed by atoms with Crippen molar-refractivity contribution in [1.29, 1.82) is 0 Å². The fourth-order valence-corrected chi connectivity index (χ4v) is 4.17. The topological polar surface area (TPSA) is 75.6 Å². The summed E-state index contributed by atoms with van der Waals surface area (Å²) in [6, 6.07) is 26.6. The Kier molecular flexibility index (Phi) is 7.08. The van der Waals surface area contributed by atoms with Crippen LogP contribution in [-0.4, -0.2) is 49.5 Å². The van der Waals surface area contributed by atoms with Crippen molar-refractivity contribution >= 4 is 0 Å². The maximum atomic E-state index is 11.4. The zero-order valence-electron chi connectivity index (χ0n) is 18.9. The second kappa shape index (κ2) is 10.5. The van der Waals surface area contributed by atoms with Gasteiger partial charge >= 0.3 is 0 Å². The summed E-state index contributed by atoms with van der Waals surface area (Å²) in [4.78, 5) is 0. The molecule has 0 radical (unpaired) electrons. The first-order valence-corrected chi connectivity index (χ1v) is 11.3. The van der Waals surface area contributed by atoms with Gasteiger partial charge < -0.3 is 33.5 Å². The quantitative estimate of drug-likeness (QED) is 0.569. The van der Waals surface area contributed by atoms with E-state index in [1.165, 1.54) is 0 Å². The molecule has 2 saturated heterocycles. The highest BCUT2D eigenvalue weighted by Gasteiger charge is 2.51. The SMILES string of the molecule is COc1ccc(O[C@@H]2O[C@@H]3COC(c4ccccc4)O[C@@H]3[C@H](O)[C@H]2OCc2ccccc2)cc1. The van der Waals surface area contributed by atoms with Crippen molar-refractivity contribution in [2.24, 2.45) is 0 Å². The zero-order chi connectivity index (χ0) is 23.3. The number of ether oxygens (including phenoxy) is 6. The Morgan fingerprint density at radius 3 is 2.24 bits per heavy atom. The van der Waals surface area contributed by atoms with Gasteiger partial charge in [0.15, 0.2) is 6.29 Å². The average Bonchev–Trinajstić information content (AvgIpc) is 2.90. The maximum Gasteiger partial charge on any atom is 0.229 e. The Hall–Kier alpha value is -2.94. The van der Waals surface area contributed by atoms with Crippen molar-refractivity contribution in [3.05, 3.63) is 96.1 Å². The average molecular weight is 465 g/mol. The van der Waals surface area contributed by atoms with Gasteiger partial charge in [0.25, 0.3) is 0 Å². The van der Waals surface area contributed by atoms with Gasteiger partial charge in [0.05, 0.1) is 20.3 Å². The fourth-order valence-electron chi connectivity index (χ4n) is 4.17. The molecule has 5 rings (SSSR count). The molecule has 34 heavy (non-hydrogen) atoms. The third-order valence-corrected chi connectivity index (χ3v) is 5.98. The van der Waals surface area contributed by atoms with Crippen LogP contribution >= 0.6 is 0 Å². The Morgan fingerprint density at radius 2 is 1.53 bits per heavy atom. The summed E-state index contributed by atoms with van der Waals surface area (Å²) in [6.45, 7) is 0.555. The predicted octanol–water partition coefficient (Wildman–Crippen LogP) is 3.86. The lowest BCUT2D eigenvalue weighted by Crippen LogP contribution is -2.63. The summed E-state index contributed by atoms with van der Waals surface area (Å²) < 4.78 is 35.8. The predicted molar refractivity (Wildman–Crippen MR) is 123 cm³/mol. The lowest BCUT2D eigenvalue weighted by molar-refractivity contribution is -0.355. The molecule has 0 spiro atoms. The monoisotopic (exact) mass is 464 g/mol. The molecule has 0 amide bonds. The summed E-state index contributed by atoms with van der Waals surface area (Å²) in [5.41, 5.74) is 1.86. The number of hydrogen-bond donors (Lipinski definition) is 1. The summed E-state index contributed by atoms with van der Waals surface area (Å²) in [7, 11) is 1.61. The molecule has 178 valence electrons. The van der Waals surface area contributed by atoms with Gasteiger partial charge in [-0.2, -0.15) is 0 Å². The third-order valence-electron chi connectivity index (χ3n) is 5.98. The fraction of sp³-hybridized carbons (Fsp3) is 0.333. The molecule has 3 aromatic carbocycles. The number of fused-ring (bicyclic) bond motifs is 1. The van der Waals surface area contributed by atoms with E-state index in [9.17, 15) is 5.11 Å². The Morgan fingerprint density at radius 1 is 0.853 bits per heavy atom. The molecule has 1 N–H and O–H groups in total. The van der Waals surface area contributed by atoms with Crippen LogP contribution < -0.4 is 9.47 Å². The van der Waals surface area contributed by atoms with Gasteiger partial charge in [-0.1, -0.05) is 60.7 Å². The first-order chi connectivity index (χ1) is 16.7. The van der Waals surface area contributed by atoms with E-state index < -0.39 is 37.0 Å². The van der Waals surface area contributed by atoms with E-state index in [0.29, 0.717) is 12.4 Å². The van der Waals surface area contributed by atoms with Gasteiger partial charge in [-0.15, -0.1) is 0 Å². The Bertz CT molecular complexity index is 1030. The van der Waals surface area contributed by atoms with Crippen molar-refractivity contribution in [1.82, 2.24) is 0 Å². The van der Waals surface area contributed by atoms with Crippen molar-refractivity contribution in [2.75, 3.05) is 13.7 Å². The number of aliphatic hydroxyl groups excluding tert-OH is 1. The number of aliphatic hydroxyl groups is 1. The molecule has 0 aliphatic carbocycles. The van der Waals surface area contributed by atoms with Crippen molar-refractivity contribution in [2.45, 2.75) is 43.6 Å². The lowest BCUT2D eigenvalue weighted by atomic mass is 9.97. The van der Waals surface area contributed by atoms with Crippen LogP contribution in [0.2, 0.25) is 0 Å². The van der Waals surface area contributed by atoms with Gasteiger partial charge in [-0.05, 0) is 29.8 Å². The van der Waals surface area contributed by atoms with E-state index in [0.717, 1.165) is 16.9 Å². The van der Waals surface area contributed by atoms with E-state index in [1.54, 1.807) is 31.4 Å². The number of hydrogen-bond acceptors (Lipinski definition) is 7. The maximum absolute atomic E-state index is 11.4. The van der Waals surface area contributed by atoms with E-state index in [4.69, 9.17) is 28.4 Å². The van der Waals surface area contributed by atoms with Crippen LogP contribution in [0.25, 0.3) is 0 Å². The molecular weight excluding hydrogens is 436 g/mol. The standard InChI is InChI=1S/C27H28O7/c1-29-20-12-14-21(15-13-20)32-27-25(30-16-18-8-4-2-5-9-18)23(28)24-22(33-27)17-31-26(34-24)19-10-6-3-7-11-19/h2-15,22-28H,16-17H2,1H3/t22-,23+,24+,25-,26?,27-/m1/s1. The highest BCUT2D eigenvalue weighted by molar-refractivity contribution is 5.31. The molecule has 2 aliphatic rings. The van der Waals surface area contributed by atoms with Crippen LogP contribution in [0.5, 0.6) is 11.5 Å². The number of methoxy groups -OCH3 is 1. The van der Waals surface area contributed by atoms with Gasteiger partial charge in [0, 0.05) is 5.56 Å². The van der Waals surface area contributed by atoms with E-state index in [1.807, 2.05) is 60.7 Å². The van der Waals surface area contributed by atoms with E-state index >= 15 is 0 Å². The Labute approximate surface area is 198 Å². The molecule has 3 aromatic rings. The van der Waals surface area contributed by atoms with Crippen LogP contribution in [0.1, 0.15) is 17.4 Å². The molecular formula is C27H28O7. The Balaban J connectivity index is 1.34. The molecule has 0 saturated carbocycles. The van der Waals surface area contributed by atoms with Gasteiger partial charge in [0.2, 0.25) is 6.29 Å². The van der Waals surface area contributed by atoms with Crippen LogP contribution in [-0.2, 0) is 25.6 Å². The molecule has 7 heteroatoms. The number of rotatable bonds is 7. The molecule has 7 nitrogen and oxygen atoms in total. The molecule has 0 aromatic heterocycles. The summed E-state index contributed by atoms with van der Waals surface area (Å²) in [6.07, 6.45) is -4.34. The highest BCUT2D eigenvalue weighted by atomic mass is 16.8. The van der Waals surface area contributed by atoms with Crippen LogP contribution in [0.3, 0.4) is 0 Å². The van der Waals surface area contributed by atoms with Crippen molar-refractivity contribution in [3.63, 3.8) is 0 Å². The van der Waals surface area contributed by atoms with Crippen LogP contribution in [0, 0.1) is 0 Å². The smallest absolute Gasteiger partial charge is 0.229 e. The normalized spacial score (nSPS) is 28.6. The van der Waals surface area contributed by atoms with Crippen molar-refractivity contribution < 1.29 is 33.5 Å². The minimum Gasteiger partial charge on any atom is -0.497 e. The summed E-state index contributed by atoms with van der Waals surface area (Å²) in [5.74, 6) is 1.29. The molecule has 2 heterocycles. The third kappa shape index (κ3) is 5.09. The summed E-state index contributed by atoms with van der Waals surface area (Å²) in [5, 5.41) is 11.4. The van der Waals surface area contributed by atoms with E-state index in [-0.39, 0.29) is 6.61 Å². The first-order valence-electron chi connectivity index (χ1n) is 11.3. The summed E-state index contributed by atoms with van der Waals surface area (Å²) >= 11 is 0. The molecule has 0 bridgehead atoms. The lowest BCUT2D eigenvalue weighted by Gasteiger charge is -2.47. The molecule has 2 aliphatic heterocycles.